The molecular formula is C18H23N3O4. The predicted octanol–water partition coefficient (Wildman–Crippen LogP) is 1.81. The summed E-state index contributed by atoms with van der Waals surface area (Å²) in [7, 11) is 1.58. The molecule has 0 radical (unpaired) electrons. The minimum Gasteiger partial charge on any atom is -0.497 e. The van der Waals surface area contributed by atoms with Crippen molar-refractivity contribution in [1.82, 2.24) is 10.6 Å². The molecule has 0 heterocycles. The van der Waals surface area contributed by atoms with Gasteiger partial charge in [0.15, 0.2) is 0 Å². The molecule has 1 unspecified atom stereocenters. The number of aliphatic carboxylic acids is 1. The highest BCUT2D eigenvalue weighted by Gasteiger charge is 2.22. The number of carboxylic acid groups (broad SMARTS) is 1. The standard InChI is InChI=1S/C18H23N3O4/c1-12(2)8-16(18(23)24)21-17(22)14(9-19)11-20-10-13-4-6-15(25-3)7-5-13/h4-7,11-12,16,20H,8,10H2,1-3H3,(H,21,22)(H,23,24)/b14-11-. The second kappa shape index (κ2) is 9.98. The second-order valence-corrected chi connectivity index (χ2v) is 5.89. The number of nitriles is 1. The maximum absolute atomic E-state index is 12.1. The van der Waals surface area contributed by atoms with Crippen molar-refractivity contribution in [3.05, 3.63) is 41.6 Å². The first-order valence-corrected chi connectivity index (χ1v) is 7.87. The van der Waals surface area contributed by atoms with E-state index in [-0.39, 0.29) is 11.5 Å². The van der Waals surface area contributed by atoms with Crippen LogP contribution in [-0.4, -0.2) is 30.1 Å². The molecule has 134 valence electrons. The average molecular weight is 345 g/mol. The molecule has 0 spiro atoms. The number of ether oxygens (including phenoxy) is 1. The van der Waals surface area contributed by atoms with Gasteiger partial charge >= 0.3 is 5.97 Å². The van der Waals surface area contributed by atoms with Gasteiger partial charge in [0.25, 0.3) is 5.91 Å². The smallest absolute Gasteiger partial charge is 0.326 e. The van der Waals surface area contributed by atoms with Gasteiger partial charge < -0.3 is 20.5 Å². The van der Waals surface area contributed by atoms with Crippen molar-refractivity contribution in [1.29, 1.82) is 5.26 Å². The zero-order valence-electron chi connectivity index (χ0n) is 14.6. The van der Waals surface area contributed by atoms with Crippen molar-refractivity contribution in [3.8, 4) is 11.8 Å². The van der Waals surface area contributed by atoms with E-state index in [1.807, 2.05) is 38.1 Å². The minimum absolute atomic E-state index is 0.101. The van der Waals surface area contributed by atoms with Gasteiger partial charge in [-0.15, -0.1) is 0 Å². The van der Waals surface area contributed by atoms with E-state index in [2.05, 4.69) is 10.6 Å². The molecule has 7 heteroatoms. The van der Waals surface area contributed by atoms with Crippen LogP contribution in [-0.2, 0) is 16.1 Å². The van der Waals surface area contributed by atoms with Gasteiger partial charge in [-0.25, -0.2) is 4.79 Å². The maximum Gasteiger partial charge on any atom is 0.326 e. The van der Waals surface area contributed by atoms with Crippen LogP contribution in [0.5, 0.6) is 5.75 Å². The normalized spacial score (nSPS) is 12.2. The summed E-state index contributed by atoms with van der Waals surface area (Å²) in [5, 5.41) is 23.5. The molecule has 0 saturated carbocycles. The third-order valence-corrected chi connectivity index (χ3v) is 3.39. The molecule has 1 amide bonds. The molecule has 1 aromatic carbocycles. The first-order chi connectivity index (χ1) is 11.9. The Bertz CT molecular complexity index is 660. The summed E-state index contributed by atoms with van der Waals surface area (Å²) in [5.74, 6) is -0.992. The Morgan fingerprint density at radius 3 is 2.44 bits per heavy atom. The fraction of sp³-hybridized carbons (Fsp3) is 0.389. The van der Waals surface area contributed by atoms with Crippen LogP contribution in [0.4, 0.5) is 0 Å². The highest BCUT2D eigenvalue weighted by molar-refractivity contribution is 5.99. The number of hydrogen-bond donors (Lipinski definition) is 3. The number of amides is 1. The zero-order valence-corrected chi connectivity index (χ0v) is 14.6. The minimum atomic E-state index is -1.12. The SMILES string of the molecule is COc1ccc(CN/C=C(/C#N)C(=O)NC(CC(C)C)C(=O)O)cc1. The molecule has 25 heavy (non-hydrogen) atoms. The van der Waals surface area contributed by atoms with E-state index < -0.39 is 17.9 Å². The summed E-state index contributed by atoms with van der Waals surface area (Å²) in [5.41, 5.74) is 0.765. The van der Waals surface area contributed by atoms with E-state index in [0.29, 0.717) is 13.0 Å². The van der Waals surface area contributed by atoms with Crippen molar-refractivity contribution in [2.75, 3.05) is 7.11 Å². The fourth-order valence-corrected chi connectivity index (χ4v) is 2.09. The molecule has 0 bridgehead atoms. The third-order valence-electron chi connectivity index (χ3n) is 3.39. The number of benzene rings is 1. The van der Waals surface area contributed by atoms with Crippen molar-refractivity contribution >= 4 is 11.9 Å². The van der Waals surface area contributed by atoms with E-state index in [9.17, 15) is 9.59 Å². The van der Waals surface area contributed by atoms with E-state index in [0.717, 1.165) is 11.3 Å². The van der Waals surface area contributed by atoms with Crippen LogP contribution in [0.25, 0.3) is 0 Å². The zero-order chi connectivity index (χ0) is 18.8. The van der Waals surface area contributed by atoms with Gasteiger partial charge in [-0.05, 0) is 30.0 Å². The largest absolute Gasteiger partial charge is 0.497 e. The lowest BCUT2D eigenvalue weighted by molar-refractivity contribution is -0.141. The van der Waals surface area contributed by atoms with Crippen LogP contribution in [0.3, 0.4) is 0 Å². The molecule has 1 atom stereocenters. The van der Waals surface area contributed by atoms with Crippen molar-refractivity contribution < 1.29 is 19.4 Å². The quantitative estimate of drug-likeness (QED) is 0.465. The Labute approximate surface area is 147 Å². The highest BCUT2D eigenvalue weighted by atomic mass is 16.5. The number of methoxy groups -OCH3 is 1. The van der Waals surface area contributed by atoms with Crippen LogP contribution in [0.2, 0.25) is 0 Å². The molecule has 0 aliphatic heterocycles. The van der Waals surface area contributed by atoms with Gasteiger partial charge in [-0.3, -0.25) is 4.79 Å². The van der Waals surface area contributed by atoms with Crippen LogP contribution < -0.4 is 15.4 Å². The van der Waals surface area contributed by atoms with E-state index >= 15 is 0 Å². The summed E-state index contributed by atoms with van der Waals surface area (Å²) < 4.78 is 5.07. The Hall–Kier alpha value is -3.01. The van der Waals surface area contributed by atoms with Gasteiger partial charge in [-0.1, -0.05) is 26.0 Å². The van der Waals surface area contributed by atoms with Gasteiger partial charge in [0.05, 0.1) is 7.11 Å². The molecule has 0 fully saturated rings. The Morgan fingerprint density at radius 2 is 1.96 bits per heavy atom. The van der Waals surface area contributed by atoms with Crippen molar-refractivity contribution in [2.24, 2.45) is 5.92 Å². The summed E-state index contributed by atoms with van der Waals surface area (Å²) in [6.07, 6.45) is 1.58. The molecule has 0 saturated heterocycles. The van der Waals surface area contributed by atoms with E-state index in [1.165, 1.54) is 6.20 Å². The maximum atomic E-state index is 12.1. The highest BCUT2D eigenvalue weighted by Crippen LogP contribution is 2.11. The number of carbonyl (C=O) groups excluding carboxylic acids is 1. The van der Waals surface area contributed by atoms with Crippen molar-refractivity contribution in [2.45, 2.75) is 32.9 Å². The van der Waals surface area contributed by atoms with Gasteiger partial charge in [0, 0.05) is 12.7 Å². The Balaban J connectivity index is 2.66. The topological polar surface area (TPSA) is 111 Å². The third kappa shape index (κ3) is 6.96. The molecular weight excluding hydrogens is 322 g/mol. The lowest BCUT2D eigenvalue weighted by Crippen LogP contribution is -2.42. The lowest BCUT2D eigenvalue weighted by atomic mass is 10.0. The number of carbonyl (C=O) groups is 2. The summed E-state index contributed by atoms with van der Waals surface area (Å²) in [6.45, 7) is 4.13. The van der Waals surface area contributed by atoms with Gasteiger partial charge in [0.1, 0.15) is 23.4 Å². The van der Waals surface area contributed by atoms with E-state index in [1.54, 1.807) is 13.2 Å². The number of nitrogens with zero attached hydrogens (tertiary/aromatic N) is 1. The number of hydrogen-bond acceptors (Lipinski definition) is 5. The first kappa shape index (κ1) is 20.0. The molecule has 3 N–H and O–H groups in total. The van der Waals surface area contributed by atoms with Crippen LogP contribution in [0.1, 0.15) is 25.8 Å². The monoisotopic (exact) mass is 345 g/mol. The van der Waals surface area contributed by atoms with Gasteiger partial charge in [-0.2, -0.15) is 5.26 Å². The van der Waals surface area contributed by atoms with Crippen LogP contribution >= 0.6 is 0 Å². The number of rotatable bonds is 9. The lowest BCUT2D eigenvalue weighted by Gasteiger charge is -2.16. The molecule has 1 rings (SSSR count). The van der Waals surface area contributed by atoms with Gasteiger partial charge in [0.2, 0.25) is 0 Å². The van der Waals surface area contributed by atoms with Crippen LogP contribution in [0.15, 0.2) is 36.0 Å². The van der Waals surface area contributed by atoms with E-state index in [4.69, 9.17) is 15.1 Å². The summed E-state index contributed by atoms with van der Waals surface area (Å²) in [4.78, 5) is 23.3. The number of carboxylic acids is 1. The van der Waals surface area contributed by atoms with Crippen molar-refractivity contribution in [3.63, 3.8) is 0 Å². The molecule has 7 nitrogen and oxygen atoms in total. The first-order valence-electron chi connectivity index (χ1n) is 7.87. The average Bonchev–Trinajstić information content (AvgIpc) is 2.58. The second-order valence-electron chi connectivity index (χ2n) is 5.89. The Kier molecular flexibility index (Phi) is 8.00. The summed E-state index contributed by atoms with van der Waals surface area (Å²) >= 11 is 0. The summed E-state index contributed by atoms with van der Waals surface area (Å²) in [6, 6.07) is 8.08. The van der Waals surface area contributed by atoms with Crippen LogP contribution in [0, 0.1) is 17.2 Å². The molecule has 0 aliphatic carbocycles. The molecule has 0 aliphatic rings. The predicted molar refractivity (Wildman–Crippen MR) is 92.6 cm³/mol. The molecule has 1 aromatic rings. The molecule has 0 aromatic heterocycles. The fourth-order valence-electron chi connectivity index (χ4n) is 2.09. The Morgan fingerprint density at radius 1 is 1.32 bits per heavy atom. The number of nitrogens with one attached hydrogen (secondary N) is 2.